The Kier molecular flexibility index (Phi) is 10.2. The lowest BCUT2D eigenvalue weighted by atomic mass is 10.1. The normalized spacial score (nSPS) is 15.5. The number of carbonyl (C=O) groups excluding carboxylic acids is 3. The van der Waals surface area contributed by atoms with Crippen molar-refractivity contribution in [1.82, 2.24) is 25.9 Å². The molecule has 1 aromatic rings. The molecule has 0 aliphatic carbocycles. The molecule has 0 aromatic carbocycles. The van der Waals surface area contributed by atoms with E-state index in [4.69, 9.17) is 10.8 Å². The molecule has 0 fully saturated rings. The lowest BCUT2D eigenvalue weighted by Crippen LogP contribution is -2.60. The lowest BCUT2D eigenvalue weighted by molar-refractivity contribution is -0.143. The van der Waals surface area contributed by atoms with Crippen LogP contribution < -0.4 is 21.7 Å². The number of carbonyl (C=O) groups is 5. The number of aromatic nitrogens is 2. The average molecular weight is 456 g/mol. The number of aromatic amines is 1. The van der Waals surface area contributed by atoms with Crippen molar-refractivity contribution in [2.75, 3.05) is 0 Å². The van der Waals surface area contributed by atoms with Crippen LogP contribution in [0, 0.1) is 0 Å². The zero-order valence-electron chi connectivity index (χ0n) is 17.6. The molecule has 14 nitrogen and oxygen atoms in total. The van der Waals surface area contributed by atoms with Gasteiger partial charge in [-0.3, -0.25) is 19.2 Å². The first-order valence-electron chi connectivity index (χ1n) is 9.69. The highest BCUT2D eigenvalue weighted by Gasteiger charge is 2.32. The molecule has 0 aliphatic rings. The summed E-state index contributed by atoms with van der Waals surface area (Å²) in [5.74, 6) is -5.21. The molecule has 14 heteroatoms. The van der Waals surface area contributed by atoms with E-state index in [0.29, 0.717) is 5.69 Å². The average Bonchev–Trinajstić information content (AvgIpc) is 3.20. The summed E-state index contributed by atoms with van der Waals surface area (Å²) in [6.45, 7) is 2.63. The predicted molar refractivity (Wildman–Crippen MR) is 108 cm³/mol. The fourth-order valence-corrected chi connectivity index (χ4v) is 2.57. The fourth-order valence-electron chi connectivity index (χ4n) is 2.57. The molecule has 5 unspecified atom stereocenters. The van der Waals surface area contributed by atoms with Crippen LogP contribution in [0.25, 0.3) is 0 Å². The molecule has 32 heavy (non-hydrogen) atoms. The van der Waals surface area contributed by atoms with Gasteiger partial charge in [0.2, 0.25) is 17.7 Å². The number of hydrogen-bond acceptors (Lipinski definition) is 8. The number of nitrogens with one attached hydrogen (secondary N) is 4. The van der Waals surface area contributed by atoms with Crippen LogP contribution in [0.4, 0.5) is 0 Å². The van der Waals surface area contributed by atoms with Crippen LogP contribution in [-0.2, 0) is 30.4 Å². The molecule has 0 aliphatic heterocycles. The van der Waals surface area contributed by atoms with Gasteiger partial charge in [0, 0.05) is 24.7 Å². The number of aliphatic carboxylic acids is 2. The second-order valence-electron chi connectivity index (χ2n) is 7.19. The Morgan fingerprint density at radius 2 is 1.66 bits per heavy atom. The molecule has 5 atom stereocenters. The van der Waals surface area contributed by atoms with Crippen molar-refractivity contribution in [3.8, 4) is 0 Å². The number of amides is 3. The fraction of sp³-hybridized carbons (Fsp3) is 0.556. The third-order valence-corrected chi connectivity index (χ3v) is 4.35. The van der Waals surface area contributed by atoms with E-state index in [1.54, 1.807) is 0 Å². The molecule has 0 bridgehead atoms. The molecular formula is C18H28N6O8. The number of imidazole rings is 1. The molecule has 0 saturated carbocycles. The Morgan fingerprint density at radius 1 is 1.03 bits per heavy atom. The molecule has 1 heterocycles. The first-order chi connectivity index (χ1) is 14.9. The van der Waals surface area contributed by atoms with Gasteiger partial charge in [-0.1, -0.05) is 0 Å². The lowest BCUT2D eigenvalue weighted by Gasteiger charge is -2.26. The summed E-state index contributed by atoms with van der Waals surface area (Å²) in [5, 5.41) is 34.8. The van der Waals surface area contributed by atoms with Crippen molar-refractivity contribution < 1.29 is 39.3 Å². The third kappa shape index (κ3) is 8.69. The van der Waals surface area contributed by atoms with Crippen LogP contribution in [0.5, 0.6) is 0 Å². The van der Waals surface area contributed by atoms with Gasteiger partial charge in [0.25, 0.3) is 0 Å². The van der Waals surface area contributed by atoms with Crippen LogP contribution in [0.3, 0.4) is 0 Å². The van der Waals surface area contributed by atoms with Crippen molar-refractivity contribution in [3.05, 3.63) is 18.2 Å². The standard InChI is InChI=1S/C18H28N6O8/c1-8(19)15(28)24-14(9(2)25)17(30)23-12(5-10-6-20-7-21-10)16(29)22-11(18(31)32)3-4-13(26)27/h6-9,11-12,14,25H,3-5,19H2,1-2H3,(H,20,21)(H,22,29)(H,23,30)(H,24,28)(H,26,27)(H,31,32). The minimum Gasteiger partial charge on any atom is -0.481 e. The zero-order chi connectivity index (χ0) is 24.4. The summed E-state index contributed by atoms with van der Waals surface area (Å²) in [4.78, 5) is 66.0. The van der Waals surface area contributed by atoms with Crippen LogP contribution in [0.15, 0.2) is 12.5 Å². The maximum absolute atomic E-state index is 12.7. The third-order valence-electron chi connectivity index (χ3n) is 4.35. The highest BCUT2D eigenvalue weighted by Crippen LogP contribution is 2.05. The Labute approximate surface area is 183 Å². The quantitative estimate of drug-likeness (QED) is 0.150. The maximum Gasteiger partial charge on any atom is 0.326 e. The summed E-state index contributed by atoms with van der Waals surface area (Å²) in [5.41, 5.74) is 5.89. The Hall–Kier alpha value is -3.52. The van der Waals surface area contributed by atoms with Crippen LogP contribution in [0.2, 0.25) is 0 Å². The summed E-state index contributed by atoms with van der Waals surface area (Å²) in [6, 6.07) is -5.24. The molecule has 178 valence electrons. The Balaban J connectivity index is 3.02. The second kappa shape index (κ2) is 12.4. The van der Waals surface area contributed by atoms with Gasteiger partial charge in [0.1, 0.15) is 18.1 Å². The number of hydrogen-bond donors (Lipinski definition) is 8. The first kappa shape index (κ1) is 26.5. The number of H-pyrrole nitrogens is 1. The molecule has 0 saturated heterocycles. The predicted octanol–water partition coefficient (Wildman–Crippen LogP) is -2.92. The van der Waals surface area contributed by atoms with E-state index in [2.05, 4.69) is 25.9 Å². The van der Waals surface area contributed by atoms with Crippen molar-refractivity contribution in [2.45, 2.75) is 63.4 Å². The number of aliphatic hydroxyl groups excluding tert-OH is 1. The monoisotopic (exact) mass is 456 g/mol. The van der Waals surface area contributed by atoms with Crippen LogP contribution in [-0.4, -0.2) is 85.2 Å². The number of rotatable bonds is 13. The van der Waals surface area contributed by atoms with Gasteiger partial charge in [-0.05, 0) is 20.3 Å². The molecule has 1 rings (SSSR count). The SMILES string of the molecule is CC(N)C(=O)NC(C(=O)NC(Cc1cnc[nH]1)C(=O)NC(CCC(=O)O)C(=O)O)C(C)O. The minimum absolute atomic E-state index is 0.128. The van der Waals surface area contributed by atoms with E-state index in [1.165, 1.54) is 26.4 Å². The highest BCUT2D eigenvalue weighted by molar-refractivity contribution is 5.94. The van der Waals surface area contributed by atoms with Crippen molar-refractivity contribution in [3.63, 3.8) is 0 Å². The zero-order valence-corrected chi connectivity index (χ0v) is 17.6. The molecular weight excluding hydrogens is 428 g/mol. The second-order valence-corrected chi connectivity index (χ2v) is 7.19. The summed E-state index contributed by atoms with van der Waals surface area (Å²) in [7, 11) is 0. The summed E-state index contributed by atoms with van der Waals surface area (Å²) < 4.78 is 0. The molecule has 0 radical (unpaired) electrons. The number of aliphatic hydroxyl groups is 1. The van der Waals surface area contributed by atoms with Crippen molar-refractivity contribution in [2.24, 2.45) is 5.73 Å². The smallest absolute Gasteiger partial charge is 0.326 e. The molecule has 9 N–H and O–H groups in total. The number of nitrogens with two attached hydrogens (primary N) is 1. The number of carboxylic acids is 2. The van der Waals surface area contributed by atoms with E-state index in [9.17, 15) is 34.2 Å². The van der Waals surface area contributed by atoms with E-state index < -0.39 is 66.4 Å². The van der Waals surface area contributed by atoms with Gasteiger partial charge in [-0.2, -0.15) is 0 Å². The number of nitrogens with zero attached hydrogens (tertiary/aromatic N) is 1. The van der Waals surface area contributed by atoms with E-state index in [-0.39, 0.29) is 12.8 Å². The summed E-state index contributed by atoms with van der Waals surface area (Å²) in [6.07, 6.45) is 0.382. The summed E-state index contributed by atoms with van der Waals surface area (Å²) >= 11 is 0. The van der Waals surface area contributed by atoms with Crippen LogP contribution >= 0.6 is 0 Å². The molecule has 0 spiro atoms. The van der Waals surface area contributed by atoms with E-state index >= 15 is 0 Å². The van der Waals surface area contributed by atoms with Gasteiger partial charge < -0.3 is 42.0 Å². The molecule has 1 aromatic heterocycles. The largest absolute Gasteiger partial charge is 0.481 e. The van der Waals surface area contributed by atoms with Crippen molar-refractivity contribution >= 4 is 29.7 Å². The Bertz CT molecular complexity index is 810. The van der Waals surface area contributed by atoms with Gasteiger partial charge in [0.05, 0.1) is 18.5 Å². The first-order valence-corrected chi connectivity index (χ1v) is 9.69. The molecule has 3 amide bonds. The maximum atomic E-state index is 12.7. The minimum atomic E-state index is -1.51. The Morgan fingerprint density at radius 3 is 2.12 bits per heavy atom. The van der Waals surface area contributed by atoms with Gasteiger partial charge in [0.15, 0.2) is 0 Å². The number of carboxylic acid groups (broad SMARTS) is 2. The van der Waals surface area contributed by atoms with Gasteiger partial charge in [-0.15, -0.1) is 0 Å². The topological polar surface area (TPSA) is 237 Å². The highest BCUT2D eigenvalue weighted by atomic mass is 16.4. The van der Waals surface area contributed by atoms with Gasteiger partial charge in [-0.25, -0.2) is 9.78 Å². The van der Waals surface area contributed by atoms with Crippen molar-refractivity contribution in [1.29, 1.82) is 0 Å². The van der Waals surface area contributed by atoms with Crippen LogP contribution in [0.1, 0.15) is 32.4 Å². The van der Waals surface area contributed by atoms with E-state index in [1.807, 2.05) is 0 Å². The van der Waals surface area contributed by atoms with Gasteiger partial charge >= 0.3 is 11.9 Å². The van der Waals surface area contributed by atoms with E-state index in [0.717, 1.165) is 0 Å².